The van der Waals surface area contributed by atoms with Crippen LogP contribution in [0.3, 0.4) is 0 Å². The van der Waals surface area contributed by atoms with Gasteiger partial charge in [-0.1, -0.05) is 0 Å². The molecule has 0 aliphatic heterocycles. The number of phenols is 2. The Morgan fingerprint density at radius 1 is 0.576 bits per heavy atom. The van der Waals surface area contributed by atoms with Crippen molar-refractivity contribution in [3.05, 3.63) is 72.3 Å². The summed E-state index contributed by atoms with van der Waals surface area (Å²) < 4.78 is 22.5. The average Bonchev–Trinajstić information content (AvgIpc) is 2.81. The minimum atomic E-state index is -1.07. The topological polar surface area (TPSA) is 115 Å². The molecular formula is C25H26O8. The molecule has 0 amide bonds. The van der Waals surface area contributed by atoms with E-state index in [1.807, 2.05) is 0 Å². The van der Waals surface area contributed by atoms with E-state index in [4.69, 9.17) is 18.9 Å². The molecule has 33 heavy (non-hydrogen) atoms. The second kappa shape index (κ2) is 12.1. The van der Waals surface area contributed by atoms with Gasteiger partial charge < -0.3 is 34.3 Å². The number of phenolic OH excluding ortho intramolecular Hbond substituents is 2. The quantitative estimate of drug-likeness (QED) is 0.324. The number of rotatable bonds is 13. The van der Waals surface area contributed by atoms with E-state index in [9.17, 15) is 20.1 Å². The van der Waals surface area contributed by atoms with E-state index < -0.39 is 5.97 Å². The first-order valence-electron chi connectivity index (χ1n) is 10.5. The van der Waals surface area contributed by atoms with Crippen molar-refractivity contribution in [2.24, 2.45) is 0 Å². The number of aromatic carboxylic acids is 1. The van der Waals surface area contributed by atoms with Crippen molar-refractivity contribution in [2.45, 2.75) is 12.8 Å². The molecule has 0 spiro atoms. The number of carboxylic acid groups (broad SMARTS) is 1. The summed E-state index contributed by atoms with van der Waals surface area (Å²) in [7, 11) is 0. The molecule has 0 heterocycles. The van der Waals surface area contributed by atoms with Crippen LogP contribution in [0.1, 0.15) is 23.2 Å². The molecule has 0 fully saturated rings. The van der Waals surface area contributed by atoms with E-state index in [1.54, 1.807) is 54.6 Å². The van der Waals surface area contributed by atoms with E-state index in [2.05, 4.69) is 0 Å². The second-order valence-electron chi connectivity index (χ2n) is 7.09. The fourth-order valence-electron chi connectivity index (χ4n) is 2.82. The van der Waals surface area contributed by atoms with Gasteiger partial charge in [0.25, 0.3) is 0 Å². The highest BCUT2D eigenvalue weighted by molar-refractivity contribution is 5.88. The number of ether oxygens (including phenoxy) is 4. The Bertz CT molecular complexity index is 942. The van der Waals surface area contributed by atoms with Crippen molar-refractivity contribution in [3.63, 3.8) is 0 Å². The zero-order valence-electron chi connectivity index (χ0n) is 18.0. The van der Waals surface area contributed by atoms with Crippen LogP contribution < -0.4 is 18.9 Å². The van der Waals surface area contributed by atoms with Crippen LogP contribution in [0, 0.1) is 0 Å². The maximum atomic E-state index is 11.4. The van der Waals surface area contributed by atoms with Gasteiger partial charge in [-0.05, 0) is 60.7 Å². The molecule has 3 rings (SSSR count). The summed E-state index contributed by atoms with van der Waals surface area (Å²) in [6, 6.07) is 17.4. The summed E-state index contributed by atoms with van der Waals surface area (Å²) in [6.07, 6.45) is 1.17. The standard InChI is InChI=1S/C25H26O8/c26-19-3-7-21(8-4-19)30-11-1-13-32-23-15-18(25(28)29)16-24(17-23)33-14-2-12-31-22-9-5-20(27)6-10-22/h3-10,15-17,26-27H,1-2,11-14H2,(H,28,29). The lowest BCUT2D eigenvalue weighted by Gasteiger charge is -2.12. The van der Waals surface area contributed by atoms with E-state index >= 15 is 0 Å². The van der Waals surface area contributed by atoms with Crippen molar-refractivity contribution >= 4 is 5.97 Å². The third-order valence-corrected chi connectivity index (χ3v) is 4.45. The molecule has 0 radical (unpaired) electrons. The molecule has 174 valence electrons. The Balaban J connectivity index is 1.42. The Morgan fingerprint density at radius 3 is 1.30 bits per heavy atom. The molecule has 0 aliphatic rings. The van der Waals surface area contributed by atoms with Gasteiger partial charge in [-0.3, -0.25) is 0 Å². The van der Waals surface area contributed by atoms with Crippen LogP contribution in [0.25, 0.3) is 0 Å². The van der Waals surface area contributed by atoms with Gasteiger partial charge in [0.2, 0.25) is 0 Å². The molecule has 8 heteroatoms. The van der Waals surface area contributed by atoms with Gasteiger partial charge in [0.15, 0.2) is 0 Å². The molecule has 3 aromatic rings. The lowest BCUT2D eigenvalue weighted by Crippen LogP contribution is -2.07. The number of carbonyl (C=O) groups is 1. The zero-order chi connectivity index (χ0) is 23.5. The first-order chi connectivity index (χ1) is 16.0. The highest BCUT2D eigenvalue weighted by Gasteiger charge is 2.09. The van der Waals surface area contributed by atoms with Crippen LogP contribution in [0.5, 0.6) is 34.5 Å². The van der Waals surface area contributed by atoms with E-state index in [0.717, 1.165) is 0 Å². The van der Waals surface area contributed by atoms with Crippen molar-refractivity contribution in [3.8, 4) is 34.5 Å². The largest absolute Gasteiger partial charge is 0.508 e. The number of hydrogen-bond donors (Lipinski definition) is 3. The average molecular weight is 454 g/mol. The molecular weight excluding hydrogens is 428 g/mol. The van der Waals surface area contributed by atoms with Crippen molar-refractivity contribution in [1.29, 1.82) is 0 Å². The normalized spacial score (nSPS) is 10.4. The summed E-state index contributed by atoms with van der Waals surface area (Å²) in [5.41, 5.74) is 0.0724. The smallest absolute Gasteiger partial charge is 0.335 e. The minimum absolute atomic E-state index is 0.0724. The summed E-state index contributed by atoms with van der Waals surface area (Å²) in [5, 5.41) is 27.9. The van der Waals surface area contributed by atoms with Gasteiger partial charge in [0, 0.05) is 18.9 Å². The molecule has 0 atom stereocenters. The van der Waals surface area contributed by atoms with Gasteiger partial charge in [-0.2, -0.15) is 0 Å². The monoisotopic (exact) mass is 454 g/mol. The van der Waals surface area contributed by atoms with Gasteiger partial charge in [0.05, 0.1) is 32.0 Å². The molecule has 0 aromatic heterocycles. The Hall–Kier alpha value is -4.07. The summed E-state index contributed by atoms with van der Waals surface area (Å²) in [5.74, 6) is 1.36. The zero-order valence-corrected chi connectivity index (χ0v) is 18.0. The second-order valence-corrected chi connectivity index (χ2v) is 7.09. The first-order valence-corrected chi connectivity index (χ1v) is 10.5. The molecule has 0 saturated carbocycles. The van der Waals surface area contributed by atoms with Crippen molar-refractivity contribution in [1.82, 2.24) is 0 Å². The molecule has 0 bridgehead atoms. The van der Waals surface area contributed by atoms with Crippen LogP contribution in [-0.4, -0.2) is 47.7 Å². The van der Waals surface area contributed by atoms with Gasteiger partial charge >= 0.3 is 5.97 Å². The van der Waals surface area contributed by atoms with Crippen LogP contribution in [-0.2, 0) is 0 Å². The van der Waals surface area contributed by atoms with Gasteiger partial charge in [-0.25, -0.2) is 4.79 Å². The number of hydrogen-bond acceptors (Lipinski definition) is 7. The molecule has 8 nitrogen and oxygen atoms in total. The van der Waals surface area contributed by atoms with Crippen LogP contribution in [0.15, 0.2) is 66.7 Å². The van der Waals surface area contributed by atoms with Gasteiger partial charge in [-0.15, -0.1) is 0 Å². The predicted octanol–water partition coefficient (Wildman–Crippen LogP) is 4.49. The SMILES string of the molecule is O=C(O)c1cc(OCCCOc2ccc(O)cc2)cc(OCCCOc2ccc(O)cc2)c1. The van der Waals surface area contributed by atoms with E-state index in [0.29, 0.717) is 62.3 Å². The Morgan fingerprint density at radius 2 is 0.939 bits per heavy atom. The summed E-state index contributed by atoms with van der Waals surface area (Å²) in [4.78, 5) is 11.4. The maximum Gasteiger partial charge on any atom is 0.335 e. The lowest BCUT2D eigenvalue weighted by atomic mass is 10.2. The number of carboxylic acids is 1. The fourth-order valence-corrected chi connectivity index (χ4v) is 2.82. The third-order valence-electron chi connectivity index (χ3n) is 4.45. The van der Waals surface area contributed by atoms with Crippen LogP contribution in [0.2, 0.25) is 0 Å². The molecule has 3 N–H and O–H groups in total. The predicted molar refractivity (Wildman–Crippen MR) is 121 cm³/mol. The minimum Gasteiger partial charge on any atom is -0.508 e. The van der Waals surface area contributed by atoms with Crippen LogP contribution in [0.4, 0.5) is 0 Å². The maximum absolute atomic E-state index is 11.4. The van der Waals surface area contributed by atoms with Crippen molar-refractivity contribution < 1.29 is 39.1 Å². The molecule has 3 aromatic carbocycles. The Kier molecular flexibility index (Phi) is 8.64. The lowest BCUT2D eigenvalue weighted by molar-refractivity contribution is 0.0695. The van der Waals surface area contributed by atoms with E-state index in [1.165, 1.54) is 12.1 Å². The van der Waals surface area contributed by atoms with Gasteiger partial charge in [0.1, 0.15) is 34.5 Å². The Labute approximate surface area is 191 Å². The third kappa shape index (κ3) is 8.17. The molecule has 0 unspecified atom stereocenters. The van der Waals surface area contributed by atoms with Crippen molar-refractivity contribution in [2.75, 3.05) is 26.4 Å². The molecule has 0 saturated heterocycles. The molecule has 0 aliphatic carbocycles. The fraction of sp³-hybridized carbons (Fsp3) is 0.240. The van der Waals surface area contributed by atoms with E-state index in [-0.39, 0.29) is 17.1 Å². The number of aromatic hydroxyl groups is 2. The summed E-state index contributed by atoms with van der Waals surface area (Å²) in [6.45, 7) is 1.49. The number of benzene rings is 3. The highest BCUT2D eigenvalue weighted by atomic mass is 16.5. The summed E-state index contributed by atoms with van der Waals surface area (Å²) >= 11 is 0. The first kappa shape index (κ1) is 23.6. The van der Waals surface area contributed by atoms with Crippen LogP contribution >= 0.6 is 0 Å². The highest BCUT2D eigenvalue weighted by Crippen LogP contribution is 2.24.